The minimum Gasteiger partial charge on any atom is -0.296 e. The van der Waals surface area contributed by atoms with E-state index in [4.69, 9.17) is 0 Å². The summed E-state index contributed by atoms with van der Waals surface area (Å²) >= 11 is 0. The average molecular weight is 210 g/mol. The van der Waals surface area contributed by atoms with Gasteiger partial charge in [0.2, 0.25) is 0 Å². The Labute approximate surface area is 94.6 Å². The molecule has 1 heterocycles. The fraction of sp³-hybridized carbons (Fsp3) is 1.00. The first-order chi connectivity index (χ1) is 6.92. The van der Waals surface area contributed by atoms with Gasteiger partial charge in [0.25, 0.3) is 0 Å². The van der Waals surface area contributed by atoms with Crippen LogP contribution < -0.4 is 0 Å². The number of hydrogen-bond donors (Lipinski definition) is 0. The van der Waals surface area contributed by atoms with Crippen LogP contribution in [0.1, 0.15) is 47.0 Å². The molecule has 15 heavy (non-hydrogen) atoms. The number of rotatable bonds is 1. The molecule has 0 aromatic carbocycles. The standard InChI is InChI=1S/C13H26N2/c1-12(2,3)14-8-10-15(11-9-14)13(4)6-5-7-13/h5-11H2,1-4H3. The van der Waals surface area contributed by atoms with Gasteiger partial charge in [-0.25, -0.2) is 0 Å². The van der Waals surface area contributed by atoms with Gasteiger partial charge >= 0.3 is 0 Å². The maximum Gasteiger partial charge on any atom is 0.0182 e. The van der Waals surface area contributed by atoms with Crippen LogP contribution in [-0.2, 0) is 0 Å². The molecule has 0 radical (unpaired) electrons. The maximum atomic E-state index is 2.72. The number of nitrogens with zero attached hydrogens (tertiary/aromatic N) is 2. The Balaban J connectivity index is 1.87. The van der Waals surface area contributed by atoms with E-state index in [1.54, 1.807) is 0 Å². The third-order valence-corrected chi connectivity index (χ3v) is 4.42. The normalized spacial score (nSPS) is 28.8. The first kappa shape index (κ1) is 11.4. The van der Waals surface area contributed by atoms with E-state index in [0.717, 1.165) is 0 Å². The summed E-state index contributed by atoms with van der Waals surface area (Å²) in [6.45, 7) is 14.5. The highest BCUT2D eigenvalue weighted by Crippen LogP contribution is 2.37. The molecule has 1 saturated carbocycles. The molecule has 0 aromatic heterocycles. The third-order valence-electron chi connectivity index (χ3n) is 4.42. The van der Waals surface area contributed by atoms with Crippen molar-refractivity contribution in [1.82, 2.24) is 9.80 Å². The van der Waals surface area contributed by atoms with E-state index in [1.165, 1.54) is 45.4 Å². The van der Waals surface area contributed by atoms with E-state index < -0.39 is 0 Å². The lowest BCUT2D eigenvalue weighted by atomic mass is 9.76. The molecule has 2 fully saturated rings. The summed E-state index contributed by atoms with van der Waals surface area (Å²) in [4.78, 5) is 5.34. The molecule has 1 saturated heterocycles. The lowest BCUT2D eigenvalue weighted by Gasteiger charge is -2.52. The van der Waals surface area contributed by atoms with Gasteiger partial charge in [0, 0.05) is 37.3 Å². The van der Waals surface area contributed by atoms with Gasteiger partial charge in [0.1, 0.15) is 0 Å². The number of hydrogen-bond acceptors (Lipinski definition) is 2. The van der Waals surface area contributed by atoms with Crippen molar-refractivity contribution in [3.63, 3.8) is 0 Å². The molecule has 1 aliphatic heterocycles. The van der Waals surface area contributed by atoms with E-state index in [-0.39, 0.29) is 0 Å². The Morgan fingerprint density at radius 2 is 1.47 bits per heavy atom. The Bertz CT molecular complexity index is 217. The monoisotopic (exact) mass is 210 g/mol. The SMILES string of the molecule is CC(C)(C)N1CCN(C2(C)CCC2)CC1. The second kappa shape index (κ2) is 3.74. The van der Waals surface area contributed by atoms with Crippen LogP contribution in [0.15, 0.2) is 0 Å². The van der Waals surface area contributed by atoms with Crippen molar-refractivity contribution in [3.8, 4) is 0 Å². The molecule has 0 atom stereocenters. The Morgan fingerprint density at radius 1 is 0.933 bits per heavy atom. The van der Waals surface area contributed by atoms with Crippen LogP contribution in [0.25, 0.3) is 0 Å². The maximum absolute atomic E-state index is 2.72. The summed E-state index contributed by atoms with van der Waals surface area (Å²) in [5.41, 5.74) is 0.913. The van der Waals surface area contributed by atoms with Crippen LogP contribution in [-0.4, -0.2) is 47.1 Å². The fourth-order valence-electron chi connectivity index (χ4n) is 2.92. The molecule has 88 valence electrons. The molecular weight excluding hydrogens is 184 g/mol. The van der Waals surface area contributed by atoms with Gasteiger partial charge in [-0.1, -0.05) is 0 Å². The Kier molecular flexibility index (Phi) is 2.85. The summed E-state index contributed by atoms with van der Waals surface area (Å²) in [6.07, 6.45) is 4.28. The number of piperazine rings is 1. The first-order valence-corrected chi connectivity index (χ1v) is 6.42. The summed E-state index contributed by atoms with van der Waals surface area (Å²) in [6, 6.07) is 0. The lowest BCUT2D eigenvalue weighted by molar-refractivity contribution is -0.0265. The largest absolute Gasteiger partial charge is 0.296 e. The van der Waals surface area contributed by atoms with Crippen molar-refractivity contribution in [2.75, 3.05) is 26.2 Å². The Hall–Kier alpha value is -0.0800. The Morgan fingerprint density at radius 3 is 1.80 bits per heavy atom. The van der Waals surface area contributed by atoms with E-state index in [2.05, 4.69) is 37.5 Å². The highest BCUT2D eigenvalue weighted by molar-refractivity contribution is 4.96. The van der Waals surface area contributed by atoms with E-state index in [9.17, 15) is 0 Å². The lowest BCUT2D eigenvalue weighted by Crippen LogP contribution is -2.61. The van der Waals surface area contributed by atoms with Gasteiger partial charge < -0.3 is 0 Å². The quantitative estimate of drug-likeness (QED) is 0.655. The zero-order valence-corrected chi connectivity index (χ0v) is 10.8. The molecule has 2 nitrogen and oxygen atoms in total. The average Bonchev–Trinajstić information content (AvgIpc) is 2.13. The summed E-state index contributed by atoms with van der Waals surface area (Å²) in [5, 5.41) is 0. The third kappa shape index (κ3) is 2.21. The summed E-state index contributed by atoms with van der Waals surface area (Å²) in [7, 11) is 0. The molecule has 2 heteroatoms. The zero-order chi connectivity index (χ0) is 11.1. The predicted octanol–water partition coefficient (Wildman–Crippen LogP) is 2.35. The molecule has 0 spiro atoms. The van der Waals surface area contributed by atoms with Gasteiger partial charge in [-0.2, -0.15) is 0 Å². The van der Waals surface area contributed by atoms with Crippen LogP contribution in [0, 0.1) is 0 Å². The van der Waals surface area contributed by atoms with Gasteiger partial charge in [-0.15, -0.1) is 0 Å². The molecule has 1 aliphatic carbocycles. The van der Waals surface area contributed by atoms with Crippen molar-refractivity contribution in [2.24, 2.45) is 0 Å². The van der Waals surface area contributed by atoms with Crippen molar-refractivity contribution in [1.29, 1.82) is 0 Å². The second-order valence-corrected chi connectivity index (χ2v) is 6.50. The van der Waals surface area contributed by atoms with Gasteiger partial charge in [-0.05, 0) is 47.0 Å². The molecule has 0 unspecified atom stereocenters. The van der Waals surface area contributed by atoms with Crippen molar-refractivity contribution in [2.45, 2.75) is 58.0 Å². The smallest absolute Gasteiger partial charge is 0.0182 e. The minimum absolute atomic E-state index is 0.354. The van der Waals surface area contributed by atoms with Crippen LogP contribution in [0.2, 0.25) is 0 Å². The predicted molar refractivity (Wildman–Crippen MR) is 65.2 cm³/mol. The highest BCUT2D eigenvalue weighted by atomic mass is 15.3. The highest BCUT2D eigenvalue weighted by Gasteiger charge is 2.39. The van der Waals surface area contributed by atoms with Crippen LogP contribution in [0.3, 0.4) is 0 Å². The molecule has 0 aromatic rings. The minimum atomic E-state index is 0.354. The van der Waals surface area contributed by atoms with Crippen LogP contribution >= 0.6 is 0 Å². The fourth-order valence-corrected chi connectivity index (χ4v) is 2.92. The summed E-state index contributed by atoms with van der Waals surface area (Å²) in [5.74, 6) is 0. The molecular formula is C13H26N2. The van der Waals surface area contributed by atoms with Gasteiger partial charge in [0.15, 0.2) is 0 Å². The van der Waals surface area contributed by atoms with Crippen LogP contribution in [0.5, 0.6) is 0 Å². The van der Waals surface area contributed by atoms with Gasteiger partial charge in [0.05, 0.1) is 0 Å². The van der Waals surface area contributed by atoms with E-state index >= 15 is 0 Å². The molecule has 0 bridgehead atoms. The van der Waals surface area contributed by atoms with Gasteiger partial charge in [-0.3, -0.25) is 9.80 Å². The van der Waals surface area contributed by atoms with Crippen molar-refractivity contribution >= 4 is 0 Å². The van der Waals surface area contributed by atoms with Crippen LogP contribution in [0.4, 0.5) is 0 Å². The van der Waals surface area contributed by atoms with E-state index in [1.807, 2.05) is 0 Å². The van der Waals surface area contributed by atoms with Crippen molar-refractivity contribution < 1.29 is 0 Å². The van der Waals surface area contributed by atoms with Crippen molar-refractivity contribution in [3.05, 3.63) is 0 Å². The molecule has 0 amide bonds. The topological polar surface area (TPSA) is 6.48 Å². The summed E-state index contributed by atoms with van der Waals surface area (Å²) < 4.78 is 0. The second-order valence-electron chi connectivity index (χ2n) is 6.50. The van der Waals surface area contributed by atoms with E-state index in [0.29, 0.717) is 11.1 Å². The zero-order valence-electron chi connectivity index (χ0n) is 10.8. The molecule has 2 rings (SSSR count). The molecule has 0 N–H and O–H groups in total. The first-order valence-electron chi connectivity index (χ1n) is 6.42. The molecule has 2 aliphatic rings.